The van der Waals surface area contributed by atoms with Gasteiger partial charge < -0.3 is 10.6 Å². The molecule has 2 N–H and O–H groups in total. The monoisotopic (exact) mass is 411 g/mol. The van der Waals surface area contributed by atoms with Crippen LogP contribution in [0.25, 0.3) is 11.3 Å². The number of thiazole rings is 1. The van der Waals surface area contributed by atoms with E-state index in [4.69, 9.17) is 0 Å². The lowest BCUT2D eigenvalue weighted by Crippen LogP contribution is -2.11. The Bertz CT molecular complexity index is 924. The van der Waals surface area contributed by atoms with E-state index in [0.717, 1.165) is 40.6 Å². The van der Waals surface area contributed by atoms with Crippen molar-refractivity contribution in [3.63, 3.8) is 0 Å². The van der Waals surface area contributed by atoms with Gasteiger partial charge in [0.05, 0.1) is 5.69 Å². The number of unbranched alkanes of at least 4 members (excludes halogenated alkanes) is 4. The number of benzene rings is 2. The molecule has 0 radical (unpaired) electrons. The molecule has 4 nitrogen and oxygen atoms in total. The Kier molecular flexibility index (Phi) is 7.76. The summed E-state index contributed by atoms with van der Waals surface area (Å²) in [7, 11) is 0. The minimum Gasteiger partial charge on any atom is -0.332 e. The highest BCUT2D eigenvalue weighted by Crippen LogP contribution is 2.28. The molecule has 0 atom stereocenters. The summed E-state index contributed by atoms with van der Waals surface area (Å²) >= 11 is 1.48. The van der Waals surface area contributed by atoms with E-state index in [1.165, 1.54) is 42.7 Å². The molecule has 6 heteroatoms. The molecule has 0 bridgehead atoms. The Morgan fingerprint density at radius 1 is 1.03 bits per heavy atom. The minimum absolute atomic E-state index is 0.0515. The van der Waals surface area contributed by atoms with Gasteiger partial charge in [0.1, 0.15) is 5.82 Å². The van der Waals surface area contributed by atoms with E-state index in [1.807, 2.05) is 29.6 Å². The number of hydrogen-bond acceptors (Lipinski definition) is 4. The third kappa shape index (κ3) is 6.68. The van der Waals surface area contributed by atoms with Crippen LogP contribution in [0.2, 0.25) is 0 Å². The Balaban J connectivity index is 1.57. The van der Waals surface area contributed by atoms with Gasteiger partial charge in [-0.15, -0.1) is 11.3 Å². The van der Waals surface area contributed by atoms with Crippen molar-refractivity contribution < 1.29 is 9.18 Å². The zero-order valence-electron chi connectivity index (χ0n) is 16.6. The molecule has 3 aromatic rings. The second-order valence-electron chi connectivity index (χ2n) is 6.96. The number of aromatic nitrogens is 1. The average Bonchev–Trinajstić information content (AvgIpc) is 3.18. The minimum atomic E-state index is -0.268. The molecule has 0 fully saturated rings. The van der Waals surface area contributed by atoms with E-state index < -0.39 is 0 Å². The van der Waals surface area contributed by atoms with Gasteiger partial charge in [-0.2, -0.15) is 0 Å². The summed E-state index contributed by atoms with van der Waals surface area (Å²) < 4.78 is 13.0. The maximum absolute atomic E-state index is 13.0. The number of carbonyl (C=O) groups excluding carboxylic acids is 1. The third-order valence-electron chi connectivity index (χ3n) is 4.55. The van der Waals surface area contributed by atoms with E-state index in [9.17, 15) is 9.18 Å². The van der Waals surface area contributed by atoms with Crippen LogP contribution >= 0.6 is 11.3 Å². The first kappa shape index (κ1) is 21.0. The zero-order chi connectivity index (χ0) is 20.5. The Morgan fingerprint density at radius 2 is 1.83 bits per heavy atom. The predicted molar refractivity (Wildman–Crippen MR) is 119 cm³/mol. The first-order valence-corrected chi connectivity index (χ1v) is 10.9. The van der Waals surface area contributed by atoms with Crippen LogP contribution in [0.4, 0.5) is 20.9 Å². The fourth-order valence-corrected chi connectivity index (χ4v) is 3.73. The first-order chi connectivity index (χ1) is 14.1. The summed E-state index contributed by atoms with van der Waals surface area (Å²) in [6.07, 6.45) is 6.21. The van der Waals surface area contributed by atoms with Crippen LogP contribution in [-0.2, 0) is 4.79 Å². The van der Waals surface area contributed by atoms with Gasteiger partial charge in [0, 0.05) is 28.7 Å². The highest BCUT2D eigenvalue weighted by atomic mass is 32.1. The van der Waals surface area contributed by atoms with Gasteiger partial charge >= 0.3 is 0 Å². The lowest BCUT2D eigenvalue weighted by molar-refractivity contribution is -0.116. The Labute approximate surface area is 175 Å². The fourth-order valence-electron chi connectivity index (χ4n) is 2.99. The van der Waals surface area contributed by atoms with Gasteiger partial charge in [0.25, 0.3) is 0 Å². The summed E-state index contributed by atoms with van der Waals surface area (Å²) in [4.78, 5) is 16.8. The Morgan fingerprint density at radius 3 is 2.62 bits per heavy atom. The van der Waals surface area contributed by atoms with Gasteiger partial charge in [-0.3, -0.25) is 4.79 Å². The quantitative estimate of drug-likeness (QED) is 0.353. The molecule has 3 rings (SSSR count). The summed E-state index contributed by atoms with van der Waals surface area (Å²) in [6.45, 7) is 2.18. The lowest BCUT2D eigenvalue weighted by Gasteiger charge is -2.07. The number of carbonyl (C=O) groups is 1. The molecule has 0 saturated heterocycles. The highest BCUT2D eigenvalue weighted by Gasteiger charge is 2.08. The van der Waals surface area contributed by atoms with Gasteiger partial charge in [-0.1, -0.05) is 44.7 Å². The predicted octanol–water partition coefficient (Wildman–Crippen LogP) is 6.99. The summed E-state index contributed by atoms with van der Waals surface area (Å²) in [6, 6.07) is 13.9. The Hall–Kier alpha value is -2.73. The molecular weight excluding hydrogens is 385 g/mol. The molecule has 0 aliphatic rings. The molecule has 2 aromatic carbocycles. The van der Waals surface area contributed by atoms with E-state index in [2.05, 4.69) is 22.5 Å². The van der Waals surface area contributed by atoms with Crippen molar-refractivity contribution in [2.45, 2.75) is 45.4 Å². The van der Waals surface area contributed by atoms with Crippen LogP contribution < -0.4 is 10.6 Å². The molecule has 1 amide bonds. The van der Waals surface area contributed by atoms with Gasteiger partial charge in [-0.05, 0) is 42.8 Å². The smallest absolute Gasteiger partial charge is 0.224 e. The number of nitrogens with zero attached hydrogens (tertiary/aromatic N) is 1. The highest BCUT2D eigenvalue weighted by molar-refractivity contribution is 7.14. The summed E-state index contributed by atoms with van der Waals surface area (Å²) in [5.74, 6) is -0.217. The van der Waals surface area contributed by atoms with Crippen molar-refractivity contribution in [3.05, 3.63) is 59.7 Å². The van der Waals surface area contributed by atoms with Crippen LogP contribution in [0, 0.1) is 5.82 Å². The molecule has 29 heavy (non-hydrogen) atoms. The fraction of sp³-hybridized carbons (Fsp3) is 0.304. The van der Waals surface area contributed by atoms with E-state index in [-0.39, 0.29) is 11.7 Å². The summed E-state index contributed by atoms with van der Waals surface area (Å²) in [5.41, 5.74) is 3.33. The number of hydrogen-bond donors (Lipinski definition) is 2. The van der Waals surface area contributed by atoms with Crippen molar-refractivity contribution in [1.29, 1.82) is 0 Å². The van der Waals surface area contributed by atoms with Crippen LogP contribution in [0.3, 0.4) is 0 Å². The van der Waals surface area contributed by atoms with Gasteiger partial charge in [0.2, 0.25) is 5.91 Å². The molecule has 1 aromatic heterocycles. The van der Waals surface area contributed by atoms with Crippen molar-refractivity contribution in [2.24, 2.45) is 0 Å². The molecule has 0 spiro atoms. The van der Waals surface area contributed by atoms with Crippen molar-refractivity contribution in [1.82, 2.24) is 4.98 Å². The van der Waals surface area contributed by atoms with Gasteiger partial charge in [0.15, 0.2) is 5.13 Å². The largest absolute Gasteiger partial charge is 0.332 e. The van der Waals surface area contributed by atoms with Gasteiger partial charge in [-0.25, -0.2) is 9.37 Å². The maximum atomic E-state index is 13.0. The molecule has 0 aliphatic carbocycles. The van der Waals surface area contributed by atoms with Crippen LogP contribution in [-0.4, -0.2) is 10.9 Å². The van der Waals surface area contributed by atoms with E-state index >= 15 is 0 Å². The third-order valence-corrected chi connectivity index (χ3v) is 5.31. The standard InChI is InChI=1S/C23H26FN3OS/c1-2-3-4-5-6-10-22(28)25-20-9-7-8-17(15-20)21-16-29-23(27-21)26-19-13-11-18(24)12-14-19/h7-9,11-16H,2-6,10H2,1H3,(H,25,28)(H,26,27). The average molecular weight is 412 g/mol. The van der Waals surface area contributed by atoms with Crippen molar-refractivity contribution in [3.8, 4) is 11.3 Å². The number of nitrogens with one attached hydrogen (secondary N) is 2. The SMILES string of the molecule is CCCCCCCC(=O)Nc1cccc(-c2csc(Nc3ccc(F)cc3)n2)c1. The van der Waals surface area contributed by atoms with E-state index in [0.29, 0.717) is 6.42 Å². The maximum Gasteiger partial charge on any atom is 0.224 e. The normalized spacial score (nSPS) is 10.7. The first-order valence-electron chi connectivity index (χ1n) is 10.0. The number of anilines is 3. The molecule has 0 unspecified atom stereocenters. The van der Waals surface area contributed by atoms with Crippen LogP contribution in [0.5, 0.6) is 0 Å². The van der Waals surface area contributed by atoms with Crippen LogP contribution in [0.15, 0.2) is 53.9 Å². The molecule has 1 heterocycles. The van der Waals surface area contributed by atoms with Crippen LogP contribution in [0.1, 0.15) is 45.4 Å². The molecule has 0 saturated carbocycles. The number of rotatable bonds is 10. The number of amides is 1. The lowest BCUT2D eigenvalue weighted by atomic mass is 10.1. The zero-order valence-corrected chi connectivity index (χ0v) is 17.4. The molecular formula is C23H26FN3OS. The summed E-state index contributed by atoms with van der Waals surface area (Å²) in [5, 5.41) is 8.85. The molecule has 152 valence electrons. The molecule has 0 aliphatic heterocycles. The van der Waals surface area contributed by atoms with Crippen molar-refractivity contribution in [2.75, 3.05) is 10.6 Å². The van der Waals surface area contributed by atoms with E-state index in [1.54, 1.807) is 12.1 Å². The van der Waals surface area contributed by atoms with Crippen molar-refractivity contribution >= 4 is 33.8 Å². The number of halogens is 1. The topological polar surface area (TPSA) is 54.0 Å². The second kappa shape index (κ2) is 10.7. The second-order valence-corrected chi connectivity index (χ2v) is 7.82.